The Morgan fingerprint density at radius 1 is 1.43 bits per heavy atom. The highest BCUT2D eigenvalue weighted by molar-refractivity contribution is 5.16. The van der Waals surface area contributed by atoms with Crippen LogP contribution in [0.4, 0.5) is 0 Å². The maximum Gasteiger partial charge on any atom is 0.340 e. The minimum absolute atomic E-state index is 0.130. The fourth-order valence-electron chi connectivity index (χ4n) is 2.80. The van der Waals surface area contributed by atoms with E-state index >= 15 is 0 Å². The van der Waals surface area contributed by atoms with Gasteiger partial charge in [0.2, 0.25) is 5.88 Å². The van der Waals surface area contributed by atoms with Crippen molar-refractivity contribution in [2.45, 2.75) is 31.8 Å². The van der Waals surface area contributed by atoms with E-state index in [0.29, 0.717) is 11.7 Å². The number of methoxy groups -OCH3 is 1. The van der Waals surface area contributed by atoms with Crippen molar-refractivity contribution in [1.82, 2.24) is 25.1 Å². The predicted octanol–water partition coefficient (Wildman–Crippen LogP) is 1.23. The molecule has 0 radical (unpaired) electrons. The molecule has 0 aromatic carbocycles. The van der Waals surface area contributed by atoms with Gasteiger partial charge in [0.1, 0.15) is 5.82 Å². The molecule has 7 nitrogen and oxygen atoms in total. The van der Waals surface area contributed by atoms with Gasteiger partial charge < -0.3 is 4.74 Å². The maximum atomic E-state index is 11.3. The quantitative estimate of drug-likeness (QED) is 0.884. The fourth-order valence-corrected chi connectivity index (χ4v) is 2.80. The number of H-pyrrole nitrogens is 2. The molecule has 2 aromatic heterocycles. The molecule has 1 aliphatic heterocycles. The van der Waals surface area contributed by atoms with E-state index in [2.05, 4.69) is 25.1 Å². The number of nitrogens with zero attached hydrogens (tertiary/aromatic N) is 3. The van der Waals surface area contributed by atoms with Gasteiger partial charge in [0, 0.05) is 12.6 Å². The van der Waals surface area contributed by atoms with Crippen LogP contribution in [-0.4, -0.2) is 38.7 Å². The molecular weight excluding hydrogens is 270 g/mol. The maximum absolute atomic E-state index is 11.3. The molecule has 3 heterocycles. The molecule has 0 aliphatic carbocycles. The van der Waals surface area contributed by atoms with E-state index in [9.17, 15) is 4.79 Å². The summed E-state index contributed by atoms with van der Waals surface area (Å²) in [5.74, 6) is 1.33. The number of piperidine rings is 1. The van der Waals surface area contributed by atoms with E-state index in [0.717, 1.165) is 38.0 Å². The summed E-state index contributed by atoms with van der Waals surface area (Å²) in [4.78, 5) is 20.8. The van der Waals surface area contributed by atoms with Gasteiger partial charge in [0.25, 0.3) is 0 Å². The highest BCUT2D eigenvalue weighted by Gasteiger charge is 2.26. The summed E-state index contributed by atoms with van der Waals surface area (Å²) >= 11 is 0. The molecule has 1 saturated heterocycles. The average Bonchev–Trinajstić information content (AvgIpc) is 2.94. The second kappa shape index (κ2) is 6.09. The molecule has 0 amide bonds. The Balaban J connectivity index is 1.79. The number of likely N-dealkylation sites (tertiary alicyclic amines) is 1. The lowest BCUT2D eigenvalue weighted by Gasteiger charge is -2.33. The number of aromatic nitrogens is 4. The minimum atomic E-state index is -0.255. The molecule has 1 atom stereocenters. The van der Waals surface area contributed by atoms with Gasteiger partial charge in [-0.05, 0) is 25.5 Å². The van der Waals surface area contributed by atoms with Gasteiger partial charge in [-0.2, -0.15) is 5.10 Å². The third kappa shape index (κ3) is 3.13. The molecule has 21 heavy (non-hydrogen) atoms. The Morgan fingerprint density at radius 2 is 2.33 bits per heavy atom. The number of rotatable bonds is 4. The van der Waals surface area contributed by atoms with Gasteiger partial charge in [0.15, 0.2) is 0 Å². The first kappa shape index (κ1) is 13.8. The molecule has 2 aromatic rings. The van der Waals surface area contributed by atoms with Crippen LogP contribution in [0.2, 0.25) is 0 Å². The molecule has 2 N–H and O–H groups in total. The number of hydrogen-bond acceptors (Lipinski definition) is 5. The van der Waals surface area contributed by atoms with E-state index in [-0.39, 0.29) is 11.7 Å². The highest BCUT2D eigenvalue weighted by Crippen LogP contribution is 2.29. The normalized spacial score (nSPS) is 19.6. The lowest BCUT2D eigenvalue weighted by atomic mass is 10.0. The van der Waals surface area contributed by atoms with Gasteiger partial charge in [-0.3, -0.25) is 9.88 Å². The van der Waals surface area contributed by atoms with E-state index < -0.39 is 0 Å². The molecule has 112 valence electrons. The van der Waals surface area contributed by atoms with Gasteiger partial charge in [0.05, 0.1) is 18.8 Å². The summed E-state index contributed by atoms with van der Waals surface area (Å²) < 4.78 is 5.16. The van der Waals surface area contributed by atoms with Crippen LogP contribution in [0.5, 0.6) is 5.88 Å². The van der Waals surface area contributed by atoms with Crippen molar-refractivity contribution in [3.05, 3.63) is 40.2 Å². The van der Waals surface area contributed by atoms with Gasteiger partial charge in [-0.1, -0.05) is 12.5 Å². The second-order valence-electron chi connectivity index (χ2n) is 5.22. The zero-order valence-corrected chi connectivity index (χ0v) is 12.0. The molecule has 0 spiro atoms. The van der Waals surface area contributed by atoms with Crippen LogP contribution >= 0.6 is 0 Å². The molecule has 3 rings (SSSR count). The van der Waals surface area contributed by atoms with Crippen LogP contribution in [-0.2, 0) is 6.54 Å². The number of pyridine rings is 1. The first-order valence-electron chi connectivity index (χ1n) is 7.15. The summed E-state index contributed by atoms with van der Waals surface area (Å²) in [6.07, 6.45) is 3.28. The third-order valence-corrected chi connectivity index (χ3v) is 3.80. The first-order chi connectivity index (χ1) is 10.3. The second-order valence-corrected chi connectivity index (χ2v) is 5.22. The summed E-state index contributed by atoms with van der Waals surface area (Å²) in [5, 5.41) is 6.53. The van der Waals surface area contributed by atoms with Crippen molar-refractivity contribution in [2.75, 3.05) is 13.7 Å². The van der Waals surface area contributed by atoms with Gasteiger partial charge in [-0.25, -0.2) is 14.9 Å². The molecular formula is C14H19N5O2. The molecule has 1 unspecified atom stereocenters. The molecule has 7 heteroatoms. The number of hydrogen-bond donors (Lipinski definition) is 2. The monoisotopic (exact) mass is 289 g/mol. The zero-order chi connectivity index (χ0) is 14.7. The largest absolute Gasteiger partial charge is 0.481 e. The third-order valence-electron chi connectivity index (χ3n) is 3.80. The fraction of sp³-hybridized carbons (Fsp3) is 0.500. The van der Waals surface area contributed by atoms with E-state index in [4.69, 9.17) is 4.74 Å². The van der Waals surface area contributed by atoms with Crippen LogP contribution in [0.25, 0.3) is 0 Å². The van der Waals surface area contributed by atoms with Crippen LogP contribution in [0.3, 0.4) is 0 Å². The van der Waals surface area contributed by atoms with Crippen LogP contribution in [0, 0.1) is 0 Å². The summed E-state index contributed by atoms with van der Waals surface area (Å²) in [6, 6.07) is 5.89. The van der Waals surface area contributed by atoms with Crippen LogP contribution < -0.4 is 10.4 Å². The Kier molecular flexibility index (Phi) is 4.01. The van der Waals surface area contributed by atoms with E-state index in [1.807, 2.05) is 18.2 Å². The van der Waals surface area contributed by atoms with Crippen molar-refractivity contribution in [2.24, 2.45) is 0 Å². The molecule has 0 bridgehead atoms. The van der Waals surface area contributed by atoms with E-state index in [1.165, 1.54) is 0 Å². The topological polar surface area (TPSA) is 86.9 Å². The molecule has 1 aliphatic rings. The SMILES string of the molecule is COc1cccc(CN2CCCCC2c2n[nH]c(=O)[nH]2)n1. The smallest absolute Gasteiger partial charge is 0.340 e. The Hall–Kier alpha value is -2.15. The Morgan fingerprint density at radius 3 is 3.10 bits per heavy atom. The lowest BCUT2D eigenvalue weighted by molar-refractivity contribution is 0.132. The Labute approximate surface area is 122 Å². The van der Waals surface area contributed by atoms with Crippen LogP contribution in [0.1, 0.15) is 36.8 Å². The Bertz CT molecular complexity index is 651. The zero-order valence-electron chi connectivity index (χ0n) is 12.0. The standard InChI is InChI=1S/C14H19N5O2/c1-21-12-7-4-5-10(15-12)9-19-8-3-2-6-11(19)13-16-14(20)18-17-13/h4-5,7,11H,2-3,6,8-9H2,1H3,(H2,16,17,18,20). The van der Waals surface area contributed by atoms with Crippen LogP contribution in [0.15, 0.2) is 23.0 Å². The van der Waals surface area contributed by atoms with Crippen molar-refractivity contribution in [3.63, 3.8) is 0 Å². The number of nitrogens with one attached hydrogen (secondary N) is 2. The summed E-state index contributed by atoms with van der Waals surface area (Å²) in [6.45, 7) is 1.69. The average molecular weight is 289 g/mol. The number of ether oxygens (including phenoxy) is 1. The minimum Gasteiger partial charge on any atom is -0.481 e. The lowest BCUT2D eigenvalue weighted by Crippen LogP contribution is -2.34. The van der Waals surface area contributed by atoms with Crippen molar-refractivity contribution < 1.29 is 4.74 Å². The summed E-state index contributed by atoms with van der Waals surface area (Å²) in [7, 11) is 1.62. The van der Waals surface area contributed by atoms with Crippen molar-refractivity contribution in [1.29, 1.82) is 0 Å². The predicted molar refractivity (Wildman–Crippen MR) is 77.0 cm³/mol. The molecule has 0 saturated carbocycles. The highest BCUT2D eigenvalue weighted by atomic mass is 16.5. The van der Waals surface area contributed by atoms with Crippen molar-refractivity contribution in [3.8, 4) is 5.88 Å². The summed E-state index contributed by atoms with van der Waals surface area (Å²) in [5.41, 5.74) is 0.703. The van der Waals surface area contributed by atoms with Gasteiger partial charge in [-0.15, -0.1) is 0 Å². The van der Waals surface area contributed by atoms with Gasteiger partial charge >= 0.3 is 5.69 Å². The first-order valence-corrected chi connectivity index (χ1v) is 7.15. The van der Waals surface area contributed by atoms with E-state index in [1.54, 1.807) is 7.11 Å². The molecule has 1 fully saturated rings. The van der Waals surface area contributed by atoms with Crippen molar-refractivity contribution >= 4 is 0 Å². The number of aromatic amines is 2.